The Morgan fingerprint density at radius 3 is 2.76 bits per heavy atom. The number of aryl methyl sites for hydroxylation is 2. The number of nitrogens with one attached hydrogen (secondary N) is 1. The van der Waals surface area contributed by atoms with Crippen LogP contribution in [0, 0.1) is 0 Å². The van der Waals surface area contributed by atoms with Crippen LogP contribution in [0.25, 0.3) is 10.2 Å². The normalized spacial score (nSPS) is 14.4. The maximum Gasteiger partial charge on any atom is 0.372 e. The lowest BCUT2D eigenvalue weighted by atomic mass is 10.2. The lowest BCUT2D eigenvalue weighted by Gasteiger charge is -1.95. The second kappa shape index (κ2) is 6.33. The molecule has 8 heteroatoms. The van der Waals surface area contributed by atoms with Crippen molar-refractivity contribution in [3.8, 4) is 0 Å². The van der Waals surface area contributed by atoms with Gasteiger partial charge in [-0.3, -0.25) is 4.79 Å². The number of aromatic carboxylic acids is 1. The molecule has 0 spiro atoms. The van der Waals surface area contributed by atoms with Crippen molar-refractivity contribution < 1.29 is 15.0 Å². The van der Waals surface area contributed by atoms with Gasteiger partial charge in [-0.25, -0.2) is 9.78 Å². The first-order valence-corrected chi connectivity index (χ1v) is 7.41. The third-order valence-electron chi connectivity index (χ3n) is 3.12. The molecule has 2 heterocycles. The number of rotatable bonds is 2. The fourth-order valence-corrected chi connectivity index (χ4v) is 3.37. The van der Waals surface area contributed by atoms with E-state index >= 15 is 0 Å². The summed E-state index contributed by atoms with van der Waals surface area (Å²) in [7, 11) is 0. The van der Waals surface area contributed by atoms with Gasteiger partial charge < -0.3 is 20.9 Å². The van der Waals surface area contributed by atoms with Crippen molar-refractivity contribution >= 4 is 27.5 Å². The van der Waals surface area contributed by atoms with Crippen LogP contribution < -0.4 is 11.3 Å². The van der Waals surface area contributed by atoms with Gasteiger partial charge >= 0.3 is 5.97 Å². The van der Waals surface area contributed by atoms with Crippen LogP contribution in [0.3, 0.4) is 0 Å². The molecule has 21 heavy (non-hydrogen) atoms. The zero-order chi connectivity index (χ0) is 15.6. The average Bonchev–Trinajstić information content (AvgIpc) is 2.98. The molecule has 0 fully saturated rings. The standard InChI is InChI=1S/C10H8N2O3S.C3H9NO/c13-8-6-4-2-1-3-5(4)16-9(6)12-7(11-8)10(14)15;1-3(5)2-4/h1-3H2,(H,14,15)(H,11,12,13);3,5H,2,4H2,1H3. The maximum absolute atomic E-state index is 11.8. The van der Waals surface area contributed by atoms with Crippen molar-refractivity contribution in [2.24, 2.45) is 5.73 Å². The first-order valence-electron chi connectivity index (χ1n) is 6.60. The minimum absolute atomic E-state index is 0.280. The van der Waals surface area contributed by atoms with Crippen LogP contribution in [-0.2, 0) is 12.8 Å². The van der Waals surface area contributed by atoms with Gasteiger partial charge in [-0.1, -0.05) is 0 Å². The van der Waals surface area contributed by atoms with Crippen LogP contribution in [0.2, 0.25) is 0 Å². The number of H-pyrrole nitrogens is 1. The molecule has 0 saturated carbocycles. The van der Waals surface area contributed by atoms with Crippen molar-refractivity contribution in [3.63, 3.8) is 0 Å². The Labute approximate surface area is 124 Å². The van der Waals surface area contributed by atoms with Gasteiger partial charge in [0.25, 0.3) is 5.56 Å². The molecule has 0 aromatic carbocycles. The number of fused-ring (bicyclic) bond motifs is 3. The van der Waals surface area contributed by atoms with E-state index in [9.17, 15) is 9.59 Å². The van der Waals surface area contributed by atoms with E-state index in [4.69, 9.17) is 15.9 Å². The highest BCUT2D eigenvalue weighted by Crippen LogP contribution is 2.34. The largest absolute Gasteiger partial charge is 0.475 e. The van der Waals surface area contributed by atoms with Gasteiger partial charge in [-0.2, -0.15) is 0 Å². The summed E-state index contributed by atoms with van der Waals surface area (Å²) in [4.78, 5) is 30.5. The molecular formula is C13H17N3O4S. The lowest BCUT2D eigenvalue weighted by Crippen LogP contribution is -2.15. The fourth-order valence-electron chi connectivity index (χ4n) is 2.10. The van der Waals surface area contributed by atoms with E-state index in [1.165, 1.54) is 16.2 Å². The van der Waals surface area contributed by atoms with Crippen LogP contribution in [0.5, 0.6) is 0 Å². The molecule has 0 amide bonds. The van der Waals surface area contributed by atoms with Crippen molar-refractivity contribution in [1.29, 1.82) is 0 Å². The summed E-state index contributed by atoms with van der Waals surface area (Å²) in [5.74, 6) is -1.48. The third-order valence-corrected chi connectivity index (χ3v) is 4.30. The van der Waals surface area contributed by atoms with Gasteiger partial charge in [-0.15, -0.1) is 11.3 Å². The number of aromatic amines is 1. The van der Waals surface area contributed by atoms with E-state index in [2.05, 4.69) is 9.97 Å². The van der Waals surface area contributed by atoms with E-state index in [1.54, 1.807) is 6.92 Å². The van der Waals surface area contributed by atoms with Crippen LogP contribution in [0.15, 0.2) is 4.79 Å². The Kier molecular flexibility index (Phi) is 4.71. The number of hydrogen-bond donors (Lipinski definition) is 4. The molecule has 2 aromatic heterocycles. The lowest BCUT2D eigenvalue weighted by molar-refractivity contribution is 0.0683. The maximum atomic E-state index is 11.8. The summed E-state index contributed by atoms with van der Waals surface area (Å²) in [6, 6.07) is 0. The highest BCUT2D eigenvalue weighted by Gasteiger charge is 2.21. The first kappa shape index (κ1) is 15.6. The number of aliphatic hydroxyl groups excluding tert-OH is 1. The summed E-state index contributed by atoms with van der Waals surface area (Å²) in [5, 5.41) is 17.6. The van der Waals surface area contributed by atoms with E-state index in [0.29, 0.717) is 16.8 Å². The molecule has 7 nitrogen and oxygen atoms in total. The van der Waals surface area contributed by atoms with Gasteiger partial charge in [0.15, 0.2) is 0 Å². The molecule has 114 valence electrons. The topological polar surface area (TPSA) is 129 Å². The number of nitrogens with zero attached hydrogens (tertiary/aromatic N) is 1. The number of aromatic nitrogens is 2. The number of carboxylic acids is 1. The molecule has 1 aliphatic carbocycles. The molecule has 1 unspecified atom stereocenters. The van der Waals surface area contributed by atoms with Crippen molar-refractivity contribution in [3.05, 3.63) is 26.6 Å². The SMILES string of the molecule is CC(O)CN.O=C(O)c1nc2sc3c(c2c(=O)[nH]1)CCC3. The minimum Gasteiger partial charge on any atom is -0.475 e. The monoisotopic (exact) mass is 311 g/mol. The molecule has 0 bridgehead atoms. The van der Waals surface area contributed by atoms with Gasteiger partial charge in [0.05, 0.1) is 11.5 Å². The molecule has 2 aromatic rings. The molecule has 1 aliphatic rings. The smallest absolute Gasteiger partial charge is 0.372 e. The molecule has 0 saturated heterocycles. The number of aliphatic hydroxyl groups is 1. The van der Waals surface area contributed by atoms with E-state index in [0.717, 1.165) is 24.8 Å². The second-order valence-corrected chi connectivity index (χ2v) is 5.93. The Morgan fingerprint density at radius 1 is 1.52 bits per heavy atom. The minimum atomic E-state index is -1.20. The summed E-state index contributed by atoms with van der Waals surface area (Å²) in [5.41, 5.74) is 5.65. The number of nitrogens with two attached hydrogens (primary N) is 1. The van der Waals surface area contributed by atoms with Crippen LogP contribution >= 0.6 is 11.3 Å². The van der Waals surface area contributed by atoms with E-state index in [-0.39, 0.29) is 17.5 Å². The first-order chi connectivity index (χ1) is 9.93. The number of hydrogen-bond acceptors (Lipinski definition) is 6. The Hall–Kier alpha value is -1.77. The summed E-state index contributed by atoms with van der Waals surface area (Å²) in [6.07, 6.45) is 2.59. The van der Waals surface area contributed by atoms with Gasteiger partial charge in [0.1, 0.15) is 4.83 Å². The highest BCUT2D eigenvalue weighted by molar-refractivity contribution is 7.18. The Bertz CT molecular complexity index is 720. The average molecular weight is 311 g/mol. The van der Waals surface area contributed by atoms with E-state index in [1.807, 2.05) is 0 Å². The van der Waals surface area contributed by atoms with Crippen molar-refractivity contribution in [2.75, 3.05) is 6.54 Å². The van der Waals surface area contributed by atoms with Crippen molar-refractivity contribution in [1.82, 2.24) is 9.97 Å². The zero-order valence-corrected chi connectivity index (χ0v) is 12.4. The molecular weight excluding hydrogens is 294 g/mol. The van der Waals surface area contributed by atoms with Gasteiger partial charge in [0.2, 0.25) is 5.82 Å². The van der Waals surface area contributed by atoms with Gasteiger partial charge in [-0.05, 0) is 31.7 Å². The predicted molar refractivity (Wildman–Crippen MR) is 80.0 cm³/mol. The quantitative estimate of drug-likeness (QED) is 0.639. The fraction of sp³-hybridized carbons (Fsp3) is 0.462. The number of carbonyl (C=O) groups is 1. The summed E-state index contributed by atoms with van der Waals surface area (Å²) < 4.78 is 0. The molecule has 5 N–H and O–H groups in total. The molecule has 0 radical (unpaired) electrons. The molecule has 3 rings (SSSR count). The molecule has 1 atom stereocenters. The van der Waals surface area contributed by atoms with Crippen LogP contribution in [0.1, 0.15) is 34.4 Å². The van der Waals surface area contributed by atoms with Crippen LogP contribution in [0.4, 0.5) is 0 Å². The van der Waals surface area contributed by atoms with Crippen LogP contribution in [-0.4, -0.2) is 38.8 Å². The third kappa shape index (κ3) is 3.29. The van der Waals surface area contributed by atoms with Crippen molar-refractivity contribution in [2.45, 2.75) is 32.3 Å². The van der Waals surface area contributed by atoms with Gasteiger partial charge in [0, 0.05) is 11.4 Å². The number of thiophene rings is 1. The zero-order valence-electron chi connectivity index (χ0n) is 11.5. The Balaban J connectivity index is 0.000000282. The molecule has 0 aliphatic heterocycles. The second-order valence-electron chi connectivity index (χ2n) is 4.84. The summed E-state index contributed by atoms with van der Waals surface area (Å²) in [6.45, 7) is 2.01. The number of carboxylic acid groups (broad SMARTS) is 1. The highest BCUT2D eigenvalue weighted by atomic mass is 32.1. The van der Waals surface area contributed by atoms with E-state index < -0.39 is 5.97 Å². The predicted octanol–water partition coefficient (Wildman–Crippen LogP) is 0.497. The Morgan fingerprint density at radius 2 is 2.19 bits per heavy atom. The summed E-state index contributed by atoms with van der Waals surface area (Å²) >= 11 is 1.44.